The van der Waals surface area contributed by atoms with E-state index in [1.54, 1.807) is 19.1 Å². The second kappa shape index (κ2) is 9.72. The van der Waals surface area contributed by atoms with Crippen LogP contribution in [-0.4, -0.2) is 29.3 Å². The molecule has 0 aliphatic heterocycles. The van der Waals surface area contributed by atoms with E-state index in [0.29, 0.717) is 23.7 Å². The second-order valence-electron chi connectivity index (χ2n) is 8.39. The molecule has 1 aliphatic rings. The van der Waals surface area contributed by atoms with E-state index in [2.05, 4.69) is 0 Å². The van der Waals surface area contributed by atoms with Gasteiger partial charge in [-0.1, -0.05) is 24.3 Å². The summed E-state index contributed by atoms with van der Waals surface area (Å²) in [4.78, 5) is 23.2. The maximum absolute atomic E-state index is 14.8. The number of esters is 1. The van der Waals surface area contributed by atoms with Gasteiger partial charge in [0.05, 0.1) is 11.5 Å². The molecule has 0 heterocycles. The van der Waals surface area contributed by atoms with E-state index in [-0.39, 0.29) is 17.0 Å². The Bertz CT molecular complexity index is 1300. The molecule has 0 amide bonds. The molecule has 0 spiro atoms. The van der Waals surface area contributed by atoms with Crippen LogP contribution in [0.5, 0.6) is 17.2 Å². The Kier molecular flexibility index (Phi) is 6.81. The third-order valence-corrected chi connectivity index (χ3v) is 6.04. The maximum atomic E-state index is 14.8. The van der Waals surface area contributed by atoms with Gasteiger partial charge in [-0.15, -0.1) is 0 Å². The SMILES string of the molecule is CCOc1ccc(C2(C(=O)OCc3cccc(Oc4ccc([N+](=O)[O-])cc4)c3)CC(F)(F)C2(F)F)cc1. The monoisotopic (exact) mass is 519 g/mol. The van der Waals surface area contributed by atoms with Gasteiger partial charge in [0.1, 0.15) is 23.9 Å². The number of nitro benzene ring substituents is 1. The molecule has 37 heavy (non-hydrogen) atoms. The summed E-state index contributed by atoms with van der Waals surface area (Å²) >= 11 is 0. The molecule has 7 nitrogen and oxygen atoms in total. The third-order valence-electron chi connectivity index (χ3n) is 6.04. The van der Waals surface area contributed by atoms with Crippen LogP contribution >= 0.6 is 0 Å². The van der Waals surface area contributed by atoms with Gasteiger partial charge in [0.25, 0.3) is 5.69 Å². The van der Waals surface area contributed by atoms with Gasteiger partial charge in [-0.3, -0.25) is 14.9 Å². The first-order valence-electron chi connectivity index (χ1n) is 11.2. The van der Waals surface area contributed by atoms with E-state index < -0.39 is 41.2 Å². The first kappa shape index (κ1) is 25.9. The van der Waals surface area contributed by atoms with Crippen molar-refractivity contribution >= 4 is 11.7 Å². The summed E-state index contributed by atoms with van der Waals surface area (Å²) < 4.78 is 73.4. The fraction of sp³-hybridized carbons (Fsp3) is 0.269. The number of benzene rings is 3. The molecule has 1 unspecified atom stereocenters. The first-order valence-corrected chi connectivity index (χ1v) is 11.2. The smallest absolute Gasteiger partial charge is 0.330 e. The topological polar surface area (TPSA) is 87.9 Å². The quantitative estimate of drug-likeness (QED) is 0.140. The molecule has 0 bridgehead atoms. The minimum Gasteiger partial charge on any atom is -0.494 e. The maximum Gasteiger partial charge on any atom is 0.330 e. The number of hydrogen-bond acceptors (Lipinski definition) is 6. The summed E-state index contributed by atoms with van der Waals surface area (Å²) in [6, 6.07) is 16.4. The molecule has 1 aliphatic carbocycles. The van der Waals surface area contributed by atoms with E-state index in [0.717, 1.165) is 12.1 Å². The van der Waals surface area contributed by atoms with E-state index in [4.69, 9.17) is 14.2 Å². The molecule has 0 radical (unpaired) electrons. The molecule has 1 fully saturated rings. The predicted molar refractivity (Wildman–Crippen MR) is 123 cm³/mol. The lowest BCUT2D eigenvalue weighted by molar-refractivity contribution is -0.384. The lowest BCUT2D eigenvalue weighted by Gasteiger charge is -2.51. The molecule has 4 rings (SSSR count). The predicted octanol–water partition coefficient (Wildman–Crippen LogP) is 6.44. The zero-order chi connectivity index (χ0) is 26.8. The fourth-order valence-corrected chi connectivity index (χ4v) is 4.11. The minimum atomic E-state index is -4.66. The van der Waals surface area contributed by atoms with Crippen LogP contribution in [0, 0.1) is 10.1 Å². The number of hydrogen-bond donors (Lipinski definition) is 0. The van der Waals surface area contributed by atoms with Crippen molar-refractivity contribution in [1.29, 1.82) is 0 Å². The highest BCUT2D eigenvalue weighted by Crippen LogP contribution is 2.64. The lowest BCUT2D eigenvalue weighted by Crippen LogP contribution is -2.72. The van der Waals surface area contributed by atoms with Crippen LogP contribution in [0.1, 0.15) is 24.5 Å². The van der Waals surface area contributed by atoms with Gasteiger partial charge in [-0.2, -0.15) is 17.6 Å². The molecule has 0 saturated heterocycles. The number of non-ortho nitro benzene ring substituents is 1. The highest BCUT2D eigenvalue weighted by molar-refractivity contribution is 5.87. The Morgan fingerprint density at radius 3 is 2.16 bits per heavy atom. The van der Waals surface area contributed by atoms with Gasteiger partial charge in [0, 0.05) is 18.6 Å². The number of ether oxygens (including phenoxy) is 3. The standard InChI is InChI=1S/C26H21F4NO6/c1-2-35-20-10-6-18(7-11-20)24(16-25(27,28)26(24,29)30)23(32)36-15-17-4-3-5-22(14-17)37-21-12-8-19(9-13-21)31(33)34/h3-14H,2,15-16H2,1H3. The fourth-order valence-electron chi connectivity index (χ4n) is 4.11. The van der Waals surface area contributed by atoms with Crippen molar-refractivity contribution in [2.75, 3.05) is 6.61 Å². The second-order valence-corrected chi connectivity index (χ2v) is 8.39. The van der Waals surface area contributed by atoms with Gasteiger partial charge < -0.3 is 14.2 Å². The normalized spacial score (nSPS) is 19.4. The van der Waals surface area contributed by atoms with E-state index in [9.17, 15) is 32.5 Å². The van der Waals surface area contributed by atoms with Gasteiger partial charge in [-0.25, -0.2) is 0 Å². The number of rotatable bonds is 9. The van der Waals surface area contributed by atoms with Crippen LogP contribution in [0.25, 0.3) is 0 Å². The first-order chi connectivity index (χ1) is 17.5. The summed E-state index contributed by atoms with van der Waals surface area (Å²) in [5.41, 5.74) is -2.92. The third kappa shape index (κ3) is 4.68. The van der Waals surface area contributed by atoms with Crippen LogP contribution in [-0.2, 0) is 21.6 Å². The highest BCUT2D eigenvalue weighted by Gasteiger charge is 2.84. The number of halogens is 4. The largest absolute Gasteiger partial charge is 0.494 e. The Hall–Kier alpha value is -4.15. The molecule has 0 N–H and O–H groups in total. The Morgan fingerprint density at radius 1 is 0.946 bits per heavy atom. The van der Waals surface area contributed by atoms with Gasteiger partial charge in [-0.05, 0) is 54.4 Å². The summed E-state index contributed by atoms with van der Waals surface area (Å²) in [5.74, 6) is -9.59. The van der Waals surface area contributed by atoms with Crippen LogP contribution in [0.4, 0.5) is 23.2 Å². The summed E-state index contributed by atoms with van der Waals surface area (Å²) in [6.45, 7) is 1.56. The van der Waals surface area contributed by atoms with Crippen LogP contribution in [0.15, 0.2) is 72.8 Å². The van der Waals surface area contributed by atoms with Crippen LogP contribution in [0.3, 0.4) is 0 Å². The molecular formula is C26H21F4NO6. The van der Waals surface area contributed by atoms with Gasteiger partial charge >= 0.3 is 17.8 Å². The molecule has 11 heteroatoms. The number of carbonyl (C=O) groups excluding carboxylic acids is 1. The molecule has 1 atom stereocenters. The number of nitrogens with zero attached hydrogens (tertiary/aromatic N) is 1. The van der Waals surface area contributed by atoms with Crippen molar-refractivity contribution in [3.8, 4) is 17.2 Å². The summed E-state index contributed by atoms with van der Waals surface area (Å²) in [7, 11) is 0. The summed E-state index contributed by atoms with van der Waals surface area (Å²) in [6.07, 6.45) is -1.40. The molecule has 194 valence electrons. The zero-order valence-electron chi connectivity index (χ0n) is 19.5. The van der Waals surface area contributed by atoms with Crippen LogP contribution in [0.2, 0.25) is 0 Å². The lowest BCUT2D eigenvalue weighted by atomic mass is 9.58. The van der Waals surface area contributed by atoms with Crippen molar-refractivity contribution in [2.24, 2.45) is 0 Å². The van der Waals surface area contributed by atoms with Crippen LogP contribution < -0.4 is 9.47 Å². The molecule has 3 aromatic carbocycles. The average Bonchev–Trinajstić information content (AvgIpc) is 2.87. The minimum absolute atomic E-state index is 0.118. The Morgan fingerprint density at radius 2 is 1.59 bits per heavy atom. The molecule has 3 aromatic rings. The van der Waals surface area contributed by atoms with Crippen molar-refractivity contribution in [3.05, 3.63) is 94.0 Å². The Balaban J connectivity index is 1.51. The Labute approximate surface area is 208 Å². The van der Waals surface area contributed by atoms with Gasteiger partial charge in [0.15, 0.2) is 5.41 Å². The van der Waals surface area contributed by atoms with Crippen molar-refractivity contribution in [2.45, 2.75) is 37.2 Å². The zero-order valence-corrected chi connectivity index (χ0v) is 19.5. The van der Waals surface area contributed by atoms with E-state index in [1.165, 1.54) is 48.5 Å². The van der Waals surface area contributed by atoms with E-state index in [1.807, 2.05) is 0 Å². The molecular weight excluding hydrogens is 498 g/mol. The van der Waals surface area contributed by atoms with Crippen molar-refractivity contribution in [1.82, 2.24) is 0 Å². The number of nitro groups is 1. The van der Waals surface area contributed by atoms with E-state index >= 15 is 0 Å². The molecule has 1 saturated carbocycles. The highest BCUT2D eigenvalue weighted by atomic mass is 19.3. The summed E-state index contributed by atoms with van der Waals surface area (Å²) in [5, 5.41) is 10.8. The van der Waals surface area contributed by atoms with Crippen molar-refractivity contribution in [3.63, 3.8) is 0 Å². The average molecular weight is 519 g/mol. The number of carbonyl (C=O) groups is 1. The van der Waals surface area contributed by atoms with Gasteiger partial charge in [0.2, 0.25) is 0 Å². The molecule has 0 aromatic heterocycles. The van der Waals surface area contributed by atoms with Crippen molar-refractivity contribution < 1.29 is 41.5 Å². The number of alkyl halides is 4.